The Labute approximate surface area is 151 Å². The molecular weight excluding hydrogens is 340 g/mol. The number of carbonyl (C=O) groups is 1. The minimum absolute atomic E-state index is 0.125. The molecule has 0 spiro atoms. The van der Waals surface area contributed by atoms with Crippen LogP contribution in [0.1, 0.15) is 53.4 Å². The summed E-state index contributed by atoms with van der Waals surface area (Å²) in [6.07, 6.45) is 3.13. The molecule has 0 bridgehead atoms. The largest absolute Gasteiger partial charge is 0.465 e. The molecule has 0 amide bonds. The van der Waals surface area contributed by atoms with Crippen molar-refractivity contribution >= 4 is 21.7 Å². The van der Waals surface area contributed by atoms with Gasteiger partial charge in [0, 0.05) is 11.7 Å². The molecule has 0 fully saturated rings. The van der Waals surface area contributed by atoms with E-state index in [-0.39, 0.29) is 17.5 Å². The maximum absolute atomic E-state index is 13.1. The molecule has 0 aromatic heterocycles. The van der Waals surface area contributed by atoms with Gasteiger partial charge in [-0.15, -0.1) is 0 Å². The SMILES string of the molecule is CCCCC[C@@H](C(=O)OCC)N(C(C)C)S(=O)(=O)c1ccc(N)cc1. The third-order valence-electron chi connectivity index (χ3n) is 3.91. The van der Waals surface area contributed by atoms with Gasteiger partial charge in [-0.25, -0.2) is 8.42 Å². The fourth-order valence-electron chi connectivity index (χ4n) is 2.74. The first-order valence-corrected chi connectivity index (χ1v) is 10.2. The van der Waals surface area contributed by atoms with E-state index in [0.29, 0.717) is 12.1 Å². The van der Waals surface area contributed by atoms with Gasteiger partial charge in [-0.05, 0) is 51.5 Å². The van der Waals surface area contributed by atoms with E-state index >= 15 is 0 Å². The molecule has 0 saturated heterocycles. The van der Waals surface area contributed by atoms with Gasteiger partial charge in [0.05, 0.1) is 11.5 Å². The third-order valence-corrected chi connectivity index (χ3v) is 6.01. The van der Waals surface area contributed by atoms with Crippen LogP contribution >= 0.6 is 0 Å². The minimum atomic E-state index is -3.84. The first-order chi connectivity index (χ1) is 11.8. The second kappa shape index (κ2) is 9.77. The van der Waals surface area contributed by atoms with Gasteiger partial charge >= 0.3 is 5.97 Å². The zero-order chi connectivity index (χ0) is 19.0. The molecule has 0 saturated carbocycles. The smallest absolute Gasteiger partial charge is 0.324 e. The summed E-state index contributed by atoms with van der Waals surface area (Å²) in [5.74, 6) is -0.494. The maximum Gasteiger partial charge on any atom is 0.324 e. The summed E-state index contributed by atoms with van der Waals surface area (Å²) in [4.78, 5) is 12.6. The van der Waals surface area contributed by atoms with E-state index in [1.165, 1.54) is 16.4 Å². The molecule has 0 aliphatic heterocycles. The van der Waals surface area contributed by atoms with Crippen LogP contribution in [0.15, 0.2) is 29.2 Å². The van der Waals surface area contributed by atoms with Crippen molar-refractivity contribution < 1.29 is 17.9 Å². The number of benzene rings is 1. The van der Waals surface area contributed by atoms with E-state index in [0.717, 1.165) is 19.3 Å². The number of esters is 1. The van der Waals surface area contributed by atoms with Crippen molar-refractivity contribution in [1.82, 2.24) is 4.31 Å². The molecule has 0 aliphatic rings. The Kier molecular flexibility index (Phi) is 8.38. The van der Waals surface area contributed by atoms with Gasteiger partial charge < -0.3 is 10.5 Å². The molecule has 1 aromatic rings. The van der Waals surface area contributed by atoms with Gasteiger partial charge in [-0.2, -0.15) is 4.31 Å². The number of hydrogen-bond acceptors (Lipinski definition) is 5. The van der Waals surface area contributed by atoms with Gasteiger partial charge in [0.1, 0.15) is 6.04 Å². The van der Waals surface area contributed by atoms with Crippen LogP contribution in [0.2, 0.25) is 0 Å². The first-order valence-electron chi connectivity index (χ1n) is 8.81. The van der Waals surface area contributed by atoms with Crippen LogP contribution in [0, 0.1) is 0 Å². The normalized spacial score (nSPS) is 13.2. The zero-order valence-corrected chi connectivity index (χ0v) is 16.4. The number of nitrogen functional groups attached to an aromatic ring is 1. The topological polar surface area (TPSA) is 89.7 Å². The van der Waals surface area contributed by atoms with E-state index in [2.05, 4.69) is 6.92 Å². The highest BCUT2D eigenvalue weighted by Gasteiger charge is 2.38. The molecule has 0 heterocycles. The molecule has 1 aromatic carbocycles. The third kappa shape index (κ3) is 5.71. The Hall–Kier alpha value is -1.60. The Balaban J connectivity index is 3.25. The van der Waals surface area contributed by atoms with E-state index in [4.69, 9.17) is 10.5 Å². The van der Waals surface area contributed by atoms with Crippen molar-refractivity contribution in [3.8, 4) is 0 Å². The number of unbranched alkanes of at least 4 members (excludes halogenated alkanes) is 2. The number of ether oxygens (including phenoxy) is 1. The van der Waals surface area contributed by atoms with Crippen molar-refractivity contribution in [2.24, 2.45) is 0 Å². The number of nitrogens with zero attached hydrogens (tertiary/aromatic N) is 1. The quantitative estimate of drug-likeness (QED) is 0.388. The van der Waals surface area contributed by atoms with E-state index in [9.17, 15) is 13.2 Å². The highest BCUT2D eigenvalue weighted by atomic mass is 32.2. The summed E-state index contributed by atoms with van der Waals surface area (Å²) in [5.41, 5.74) is 6.14. The average molecular weight is 371 g/mol. The molecule has 1 atom stereocenters. The molecule has 7 heteroatoms. The first kappa shape index (κ1) is 21.4. The zero-order valence-electron chi connectivity index (χ0n) is 15.6. The monoisotopic (exact) mass is 370 g/mol. The number of nitrogens with two attached hydrogens (primary N) is 1. The Morgan fingerprint density at radius 2 is 1.76 bits per heavy atom. The second-order valence-corrected chi connectivity index (χ2v) is 8.10. The van der Waals surface area contributed by atoms with Crippen molar-refractivity contribution in [2.75, 3.05) is 12.3 Å². The number of hydrogen-bond donors (Lipinski definition) is 1. The van der Waals surface area contributed by atoms with Crippen LogP contribution in [0.25, 0.3) is 0 Å². The van der Waals surface area contributed by atoms with Gasteiger partial charge in [0.15, 0.2) is 0 Å². The van der Waals surface area contributed by atoms with Crippen LogP contribution in [-0.4, -0.2) is 37.4 Å². The highest BCUT2D eigenvalue weighted by Crippen LogP contribution is 2.25. The van der Waals surface area contributed by atoms with Gasteiger partial charge in [0.25, 0.3) is 0 Å². The molecule has 0 radical (unpaired) electrons. The van der Waals surface area contributed by atoms with E-state index in [1.807, 2.05) is 0 Å². The standard InChI is InChI=1S/C18H30N2O4S/c1-5-7-8-9-17(18(21)24-6-2)20(14(3)4)25(22,23)16-12-10-15(19)11-13-16/h10-14,17H,5-9,19H2,1-4H3/t17-/m0/s1. The van der Waals surface area contributed by atoms with E-state index < -0.39 is 22.0 Å². The van der Waals surface area contributed by atoms with Crippen LogP contribution in [-0.2, 0) is 19.6 Å². The average Bonchev–Trinajstić information content (AvgIpc) is 2.54. The van der Waals surface area contributed by atoms with Crippen molar-refractivity contribution in [1.29, 1.82) is 0 Å². The molecule has 2 N–H and O–H groups in total. The summed E-state index contributed by atoms with van der Waals surface area (Å²) in [5, 5.41) is 0. The number of sulfonamides is 1. The van der Waals surface area contributed by atoms with Gasteiger partial charge in [0.2, 0.25) is 10.0 Å². The maximum atomic E-state index is 13.1. The number of anilines is 1. The lowest BCUT2D eigenvalue weighted by Crippen LogP contribution is -2.49. The Bertz CT molecular complexity index is 642. The summed E-state index contributed by atoms with van der Waals surface area (Å²) < 4.78 is 32.7. The predicted octanol–water partition coefficient (Wildman–Crippen LogP) is 3.18. The summed E-state index contributed by atoms with van der Waals surface area (Å²) in [7, 11) is -3.84. The molecule has 1 rings (SSSR count). The second-order valence-electron chi connectivity index (χ2n) is 6.26. The summed E-state index contributed by atoms with van der Waals surface area (Å²) >= 11 is 0. The predicted molar refractivity (Wildman–Crippen MR) is 99.6 cm³/mol. The fraction of sp³-hybridized carbons (Fsp3) is 0.611. The lowest BCUT2D eigenvalue weighted by atomic mass is 10.1. The van der Waals surface area contributed by atoms with Crippen LogP contribution in [0.5, 0.6) is 0 Å². The van der Waals surface area contributed by atoms with Crippen LogP contribution in [0.3, 0.4) is 0 Å². The van der Waals surface area contributed by atoms with Gasteiger partial charge in [-0.3, -0.25) is 4.79 Å². The summed E-state index contributed by atoms with van der Waals surface area (Å²) in [6.45, 7) is 7.53. The Morgan fingerprint density at radius 3 is 2.24 bits per heavy atom. The van der Waals surface area contributed by atoms with Crippen LogP contribution < -0.4 is 5.73 Å². The van der Waals surface area contributed by atoms with Crippen molar-refractivity contribution in [2.45, 2.75) is 70.4 Å². The number of carbonyl (C=O) groups excluding carboxylic acids is 1. The lowest BCUT2D eigenvalue weighted by Gasteiger charge is -2.32. The molecule has 0 aliphatic carbocycles. The molecule has 25 heavy (non-hydrogen) atoms. The molecule has 0 unspecified atom stereocenters. The molecule has 6 nitrogen and oxygen atoms in total. The van der Waals surface area contributed by atoms with Crippen molar-refractivity contribution in [3.05, 3.63) is 24.3 Å². The van der Waals surface area contributed by atoms with Crippen LogP contribution in [0.4, 0.5) is 5.69 Å². The minimum Gasteiger partial charge on any atom is -0.465 e. The molecular formula is C18H30N2O4S. The van der Waals surface area contributed by atoms with Crippen molar-refractivity contribution in [3.63, 3.8) is 0 Å². The number of rotatable bonds is 10. The van der Waals surface area contributed by atoms with Gasteiger partial charge in [-0.1, -0.05) is 26.2 Å². The highest BCUT2D eigenvalue weighted by molar-refractivity contribution is 7.89. The fourth-order valence-corrected chi connectivity index (χ4v) is 4.55. The lowest BCUT2D eigenvalue weighted by molar-refractivity contribution is -0.148. The molecule has 142 valence electrons. The summed E-state index contributed by atoms with van der Waals surface area (Å²) in [6, 6.07) is 4.82. The Morgan fingerprint density at radius 1 is 1.16 bits per heavy atom. The van der Waals surface area contributed by atoms with E-state index in [1.54, 1.807) is 32.9 Å².